The Morgan fingerprint density at radius 1 is 1.06 bits per heavy atom. The van der Waals surface area contributed by atoms with Gasteiger partial charge in [-0.1, -0.05) is 0 Å². The second-order valence-electron chi connectivity index (χ2n) is 9.34. The van der Waals surface area contributed by atoms with Gasteiger partial charge in [0, 0.05) is 36.7 Å². The van der Waals surface area contributed by atoms with Gasteiger partial charge in [-0.05, 0) is 68.9 Å². The molecule has 0 N–H and O–H groups in total. The van der Waals surface area contributed by atoms with Gasteiger partial charge in [0.25, 0.3) is 0 Å². The van der Waals surface area contributed by atoms with Crippen LogP contribution in [0, 0.1) is 25.6 Å². The molecule has 8 heteroatoms. The quantitative estimate of drug-likeness (QED) is 0.429. The van der Waals surface area contributed by atoms with Crippen molar-refractivity contribution in [3.05, 3.63) is 76.4 Å². The molecule has 0 aliphatic heterocycles. The van der Waals surface area contributed by atoms with Gasteiger partial charge in [0.1, 0.15) is 12.1 Å². The van der Waals surface area contributed by atoms with Gasteiger partial charge >= 0.3 is 0 Å². The van der Waals surface area contributed by atoms with E-state index >= 15 is 0 Å². The lowest BCUT2D eigenvalue weighted by molar-refractivity contribution is 0.0994. The second kappa shape index (κ2) is 7.97. The van der Waals surface area contributed by atoms with Crippen LogP contribution in [0.2, 0.25) is 0 Å². The molecule has 34 heavy (non-hydrogen) atoms. The minimum absolute atomic E-state index is 0.154. The number of ketones is 1. The first-order valence-electron chi connectivity index (χ1n) is 11.7. The highest BCUT2D eigenvalue weighted by atomic mass is 19.1. The number of halogens is 1. The molecule has 3 heterocycles. The zero-order valence-electron chi connectivity index (χ0n) is 19.3. The Morgan fingerprint density at radius 3 is 2.62 bits per heavy atom. The molecule has 4 aromatic rings. The van der Waals surface area contributed by atoms with Gasteiger partial charge in [-0.3, -0.25) is 9.48 Å². The molecule has 7 nitrogen and oxygen atoms in total. The van der Waals surface area contributed by atoms with Crippen molar-refractivity contribution in [2.75, 3.05) is 0 Å². The Balaban J connectivity index is 1.37. The fraction of sp³-hybridized carbons (Fsp3) is 0.346. The number of hydrogen-bond donors (Lipinski definition) is 0. The molecular weight excluding hydrogens is 431 g/mol. The van der Waals surface area contributed by atoms with Crippen molar-refractivity contribution in [1.82, 2.24) is 29.5 Å². The molecule has 1 fully saturated rings. The van der Waals surface area contributed by atoms with E-state index in [0.29, 0.717) is 31.0 Å². The third kappa shape index (κ3) is 3.63. The van der Waals surface area contributed by atoms with Crippen LogP contribution in [0.1, 0.15) is 58.0 Å². The first-order valence-corrected chi connectivity index (χ1v) is 11.7. The summed E-state index contributed by atoms with van der Waals surface area (Å²) >= 11 is 0. The number of rotatable bonds is 6. The normalized spacial score (nSPS) is 15.2. The average molecular weight is 457 g/mol. The van der Waals surface area contributed by atoms with Gasteiger partial charge in [-0.25, -0.2) is 19.0 Å². The fourth-order valence-electron chi connectivity index (χ4n) is 4.87. The summed E-state index contributed by atoms with van der Waals surface area (Å²) in [6.45, 7) is 4.82. The molecule has 0 bridgehead atoms. The van der Waals surface area contributed by atoms with E-state index in [1.807, 2.05) is 13.0 Å². The molecule has 0 spiro atoms. The summed E-state index contributed by atoms with van der Waals surface area (Å²) < 4.78 is 17.4. The van der Waals surface area contributed by atoms with E-state index in [1.54, 1.807) is 23.1 Å². The van der Waals surface area contributed by atoms with Crippen molar-refractivity contribution < 1.29 is 9.18 Å². The van der Waals surface area contributed by atoms with Crippen LogP contribution >= 0.6 is 0 Å². The summed E-state index contributed by atoms with van der Waals surface area (Å²) in [6.07, 6.45) is 5.82. The molecule has 172 valence electrons. The highest BCUT2D eigenvalue weighted by Crippen LogP contribution is 2.34. The number of fused-ring (bicyclic) bond motifs is 1. The zero-order chi connectivity index (χ0) is 23.4. The van der Waals surface area contributed by atoms with E-state index in [-0.39, 0.29) is 11.6 Å². The van der Waals surface area contributed by atoms with Crippen LogP contribution in [0.4, 0.5) is 4.39 Å². The van der Waals surface area contributed by atoms with Crippen molar-refractivity contribution in [2.45, 2.75) is 52.5 Å². The lowest BCUT2D eigenvalue weighted by atomic mass is 10.0. The number of aryl methyl sites for hydroxylation is 1. The number of Topliss-reactive ketones (excluding diaryl/α,β-unsaturated/α-hetero) is 1. The van der Waals surface area contributed by atoms with Gasteiger partial charge < -0.3 is 0 Å². The number of hydrogen-bond acceptors (Lipinski definition) is 5. The molecule has 2 aliphatic carbocycles. The Morgan fingerprint density at radius 2 is 1.85 bits per heavy atom. The zero-order valence-corrected chi connectivity index (χ0v) is 19.3. The molecule has 1 saturated carbocycles. The number of benzene rings is 1. The molecule has 1 aromatic carbocycles. The van der Waals surface area contributed by atoms with Gasteiger partial charge in [0.05, 0.1) is 28.3 Å². The van der Waals surface area contributed by atoms with Crippen molar-refractivity contribution in [3.8, 4) is 17.1 Å². The SMILES string of the molecule is Cc1nn(-c2cc(Cc3c(C)c(-c4ccc(F)cc4)nn3CC3CC3)ncn2)c2c1C(=O)CC2. The number of carbonyl (C=O) groups is 1. The number of nitrogens with zero attached hydrogens (tertiary/aromatic N) is 6. The monoisotopic (exact) mass is 456 g/mol. The van der Waals surface area contributed by atoms with Crippen LogP contribution in [0.25, 0.3) is 17.1 Å². The minimum Gasteiger partial charge on any atom is -0.294 e. The van der Waals surface area contributed by atoms with E-state index in [9.17, 15) is 9.18 Å². The molecule has 6 rings (SSSR count). The molecule has 0 unspecified atom stereocenters. The lowest BCUT2D eigenvalue weighted by Crippen LogP contribution is -2.10. The van der Waals surface area contributed by atoms with Crippen LogP contribution in [-0.2, 0) is 19.4 Å². The molecule has 0 saturated heterocycles. The van der Waals surface area contributed by atoms with Crippen molar-refractivity contribution >= 4 is 5.78 Å². The predicted molar refractivity (Wildman–Crippen MR) is 124 cm³/mol. The van der Waals surface area contributed by atoms with Crippen LogP contribution in [0.15, 0.2) is 36.7 Å². The third-order valence-corrected chi connectivity index (χ3v) is 6.86. The van der Waals surface area contributed by atoms with Gasteiger partial charge in [0.2, 0.25) is 0 Å². The third-order valence-electron chi connectivity index (χ3n) is 6.86. The maximum Gasteiger partial charge on any atom is 0.166 e. The molecule has 0 amide bonds. The first-order chi connectivity index (χ1) is 16.5. The maximum absolute atomic E-state index is 13.5. The Bertz CT molecular complexity index is 1410. The molecule has 0 atom stereocenters. The summed E-state index contributed by atoms with van der Waals surface area (Å²) in [5, 5.41) is 9.51. The lowest BCUT2D eigenvalue weighted by Gasteiger charge is -2.09. The highest BCUT2D eigenvalue weighted by Gasteiger charge is 2.29. The standard InChI is InChI=1S/C26H25FN6O/c1-15-22(32(13-17-3-4-17)31-26(15)18-5-7-19(27)8-6-18)11-20-12-24(29-14-28-20)33-21-9-10-23(34)25(21)16(2)30-33/h5-8,12,14,17H,3-4,9-11,13H2,1-2H3. The molecule has 0 radical (unpaired) electrons. The summed E-state index contributed by atoms with van der Waals surface area (Å²) in [5.74, 6) is 1.23. The first kappa shape index (κ1) is 20.9. The maximum atomic E-state index is 13.5. The van der Waals surface area contributed by atoms with Crippen LogP contribution in [-0.4, -0.2) is 35.3 Å². The van der Waals surface area contributed by atoms with E-state index in [4.69, 9.17) is 5.10 Å². The largest absolute Gasteiger partial charge is 0.294 e. The summed E-state index contributed by atoms with van der Waals surface area (Å²) in [5.41, 5.74) is 7.25. The highest BCUT2D eigenvalue weighted by molar-refractivity contribution is 6.01. The number of aromatic nitrogens is 6. The summed E-state index contributed by atoms with van der Waals surface area (Å²) in [7, 11) is 0. The summed E-state index contributed by atoms with van der Waals surface area (Å²) in [4.78, 5) is 21.2. The van der Waals surface area contributed by atoms with Crippen LogP contribution in [0.3, 0.4) is 0 Å². The van der Waals surface area contributed by atoms with Crippen molar-refractivity contribution in [3.63, 3.8) is 0 Å². The Hall–Kier alpha value is -3.68. The van der Waals surface area contributed by atoms with Crippen molar-refractivity contribution in [2.24, 2.45) is 5.92 Å². The van der Waals surface area contributed by atoms with E-state index in [1.165, 1.54) is 25.0 Å². The smallest absolute Gasteiger partial charge is 0.166 e. The fourth-order valence-corrected chi connectivity index (χ4v) is 4.87. The average Bonchev–Trinajstić information content (AvgIpc) is 3.37. The van der Waals surface area contributed by atoms with E-state index < -0.39 is 0 Å². The number of carbonyl (C=O) groups excluding carboxylic acids is 1. The van der Waals surface area contributed by atoms with Gasteiger partial charge in [-0.2, -0.15) is 10.2 Å². The van der Waals surface area contributed by atoms with Crippen LogP contribution in [0.5, 0.6) is 0 Å². The Labute approximate surface area is 196 Å². The van der Waals surface area contributed by atoms with E-state index in [0.717, 1.165) is 51.7 Å². The summed E-state index contributed by atoms with van der Waals surface area (Å²) in [6, 6.07) is 8.45. The topological polar surface area (TPSA) is 78.5 Å². The molecule has 3 aromatic heterocycles. The minimum atomic E-state index is -0.255. The van der Waals surface area contributed by atoms with Crippen molar-refractivity contribution in [1.29, 1.82) is 0 Å². The van der Waals surface area contributed by atoms with E-state index in [2.05, 4.69) is 26.7 Å². The molecular formula is C26H25FN6O. The van der Waals surface area contributed by atoms with Crippen LogP contribution < -0.4 is 0 Å². The molecule has 2 aliphatic rings. The Kier molecular flexibility index (Phi) is 4.90. The van der Waals surface area contributed by atoms with Gasteiger partial charge in [-0.15, -0.1) is 0 Å². The van der Waals surface area contributed by atoms with Gasteiger partial charge in [0.15, 0.2) is 11.6 Å². The second-order valence-corrected chi connectivity index (χ2v) is 9.34. The predicted octanol–water partition coefficient (Wildman–Crippen LogP) is 4.41.